The van der Waals surface area contributed by atoms with Crippen LogP contribution in [0.4, 0.5) is 0 Å². The van der Waals surface area contributed by atoms with Crippen LogP contribution in [0.2, 0.25) is 0 Å². The normalized spacial score (nSPS) is 12.1. The fraction of sp³-hybridized carbons (Fsp3) is 0.333. The second kappa shape index (κ2) is 5.57. The molecule has 6 heteroatoms. The second-order valence-electron chi connectivity index (χ2n) is 2.79. The molecule has 5 nitrogen and oxygen atoms in total. The molecule has 0 fully saturated rings. The summed E-state index contributed by atoms with van der Waals surface area (Å²) in [6.07, 6.45) is 2.96. The standard InChI is InChI=1S/C9H12N2O3S/c1-10-9(12)8-5-7(3-4-11-8)6-14-15(2)13/h3-5H,6H2,1-2H3,(H,10,12). The van der Waals surface area contributed by atoms with Crippen molar-refractivity contribution < 1.29 is 13.2 Å². The zero-order valence-electron chi connectivity index (χ0n) is 8.52. The molecule has 82 valence electrons. The second-order valence-corrected chi connectivity index (χ2v) is 3.83. The molecule has 0 saturated carbocycles. The first kappa shape index (κ1) is 11.8. The van der Waals surface area contributed by atoms with Crippen LogP contribution in [-0.4, -0.2) is 28.4 Å². The Morgan fingerprint density at radius 1 is 1.67 bits per heavy atom. The lowest BCUT2D eigenvalue weighted by molar-refractivity contribution is 0.0958. The fourth-order valence-corrected chi connectivity index (χ4v) is 1.27. The van der Waals surface area contributed by atoms with Crippen LogP contribution in [0.5, 0.6) is 0 Å². The van der Waals surface area contributed by atoms with Crippen LogP contribution in [0, 0.1) is 0 Å². The van der Waals surface area contributed by atoms with Gasteiger partial charge in [0, 0.05) is 19.5 Å². The molecule has 0 radical (unpaired) electrons. The van der Waals surface area contributed by atoms with Gasteiger partial charge >= 0.3 is 0 Å². The highest BCUT2D eigenvalue weighted by molar-refractivity contribution is 7.79. The molecule has 0 aliphatic heterocycles. The number of pyridine rings is 1. The average Bonchev–Trinajstić information content (AvgIpc) is 2.25. The Kier molecular flexibility index (Phi) is 4.38. The molecule has 0 aliphatic rings. The monoisotopic (exact) mass is 228 g/mol. The van der Waals surface area contributed by atoms with Gasteiger partial charge in [-0.15, -0.1) is 0 Å². The molecule has 0 aliphatic carbocycles. The highest BCUT2D eigenvalue weighted by Crippen LogP contribution is 2.04. The van der Waals surface area contributed by atoms with E-state index in [1.165, 1.54) is 19.5 Å². The number of nitrogens with one attached hydrogen (secondary N) is 1. The summed E-state index contributed by atoms with van der Waals surface area (Å²) in [7, 11) is 1.54. The molecule has 1 atom stereocenters. The summed E-state index contributed by atoms with van der Waals surface area (Å²) >= 11 is -1.31. The number of hydrogen-bond acceptors (Lipinski definition) is 4. The third-order valence-electron chi connectivity index (χ3n) is 1.68. The average molecular weight is 228 g/mol. The Hall–Kier alpha value is -1.27. The Balaban J connectivity index is 2.74. The topological polar surface area (TPSA) is 68.3 Å². The van der Waals surface area contributed by atoms with Crippen molar-refractivity contribution in [2.45, 2.75) is 6.61 Å². The maximum absolute atomic E-state index is 11.2. The lowest BCUT2D eigenvalue weighted by Crippen LogP contribution is -2.19. The SMILES string of the molecule is CNC(=O)c1cc(COS(C)=O)ccn1. The Morgan fingerprint density at radius 2 is 2.40 bits per heavy atom. The van der Waals surface area contributed by atoms with Crippen molar-refractivity contribution in [2.24, 2.45) is 0 Å². The van der Waals surface area contributed by atoms with Crippen LogP contribution in [-0.2, 0) is 21.9 Å². The highest BCUT2D eigenvalue weighted by Gasteiger charge is 2.05. The van der Waals surface area contributed by atoms with Crippen molar-refractivity contribution >= 4 is 17.0 Å². The van der Waals surface area contributed by atoms with Gasteiger partial charge in [-0.1, -0.05) is 0 Å². The van der Waals surface area contributed by atoms with Gasteiger partial charge in [-0.05, 0) is 17.7 Å². The number of rotatable bonds is 4. The van der Waals surface area contributed by atoms with Crippen molar-refractivity contribution in [1.29, 1.82) is 0 Å². The summed E-state index contributed by atoms with van der Waals surface area (Å²) in [4.78, 5) is 15.1. The first-order chi connectivity index (χ1) is 7.13. The summed E-state index contributed by atoms with van der Waals surface area (Å²) in [6.45, 7) is 0.204. The molecule has 1 N–H and O–H groups in total. The van der Waals surface area contributed by atoms with E-state index in [-0.39, 0.29) is 12.5 Å². The predicted molar refractivity (Wildman–Crippen MR) is 56.5 cm³/mol. The Bertz CT molecular complexity index is 381. The molecule has 0 spiro atoms. The van der Waals surface area contributed by atoms with E-state index in [4.69, 9.17) is 4.18 Å². The molecule has 1 aromatic heterocycles. The summed E-state index contributed by atoms with van der Waals surface area (Å²) in [6, 6.07) is 3.31. The molecule has 0 aromatic carbocycles. The van der Waals surface area contributed by atoms with Gasteiger partial charge in [0.05, 0.1) is 6.61 Å². The van der Waals surface area contributed by atoms with Gasteiger partial charge in [-0.2, -0.15) is 0 Å². The minimum Gasteiger partial charge on any atom is -0.354 e. The molecule has 1 aromatic rings. The van der Waals surface area contributed by atoms with Gasteiger partial charge in [-0.25, -0.2) is 4.21 Å². The minimum atomic E-state index is -1.31. The van der Waals surface area contributed by atoms with Crippen LogP contribution >= 0.6 is 0 Å². The zero-order valence-corrected chi connectivity index (χ0v) is 9.34. The zero-order chi connectivity index (χ0) is 11.3. The van der Waals surface area contributed by atoms with E-state index in [1.54, 1.807) is 12.1 Å². The lowest BCUT2D eigenvalue weighted by atomic mass is 10.2. The van der Waals surface area contributed by atoms with Gasteiger partial charge in [0.1, 0.15) is 5.69 Å². The van der Waals surface area contributed by atoms with Gasteiger partial charge in [0.2, 0.25) is 0 Å². The van der Waals surface area contributed by atoms with E-state index in [1.807, 2.05) is 0 Å². The summed E-state index contributed by atoms with van der Waals surface area (Å²) in [5.41, 5.74) is 1.08. The molecule has 1 unspecified atom stereocenters. The van der Waals surface area contributed by atoms with Crippen molar-refractivity contribution in [3.05, 3.63) is 29.6 Å². The van der Waals surface area contributed by atoms with Crippen molar-refractivity contribution in [3.63, 3.8) is 0 Å². The van der Waals surface area contributed by atoms with Crippen molar-refractivity contribution in [3.8, 4) is 0 Å². The number of hydrogen-bond donors (Lipinski definition) is 1. The Labute approximate surface area is 90.5 Å². The van der Waals surface area contributed by atoms with Crippen LogP contribution in [0.1, 0.15) is 16.1 Å². The van der Waals surface area contributed by atoms with Crippen LogP contribution in [0.3, 0.4) is 0 Å². The van der Waals surface area contributed by atoms with Gasteiger partial charge in [0.25, 0.3) is 5.91 Å². The highest BCUT2D eigenvalue weighted by atomic mass is 32.2. The maximum atomic E-state index is 11.2. The van der Waals surface area contributed by atoms with E-state index in [0.717, 1.165) is 5.56 Å². The largest absolute Gasteiger partial charge is 0.354 e. The number of amides is 1. The molecule has 1 amide bonds. The molecule has 0 bridgehead atoms. The molecular weight excluding hydrogens is 216 g/mol. The van der Waals surface area contributed by atoms with E-state index >= 15 is 0 Å². The number of carbonyl (C=O) groups is 1. The summed E-state index contributed by atoms with van der Waals surface area (Å²) in [5, 5.41) is 2.47. The number of carbonyl (C=O) groups excluding carboxylic acids is 1. The molecule has 1 heterocycles. The predicted octanol–water partition coefficient (Wildman–Crippen LogP) is 0.251. The molecular formula is C9H12N2O3S. The molecule has 15 heavy (non-hydrogen) atoms. The third-order valence-corrected chi connectivity index (χ3v) is 2.13. The van der Waals surface area contributed by atoms with Gasteiger partial charge < -0.3 is 5.32 Å². The first-order valence-corrected chi connectivity index (χ1v) is 5.75. The quantitative estimate of drug-likeness (QED) is 0.802. The third kappa shape index (κ3) is 3.77. The smallest absolute Gasteiger partial charge is 0.269 e. The molecule has 1 rings (SSSR count). The van der Waals surface area contributed by atoms with E-state index < -0.39 is 11.1 Å². The van der Waals surface area contributed by atoms with E-state index in [9.17, 15) is 9.00 Å². The number of nitrogens with zero attached hydrogens (tertiary/aromatic N) is 1. The van der Waals surface area contributed by atoms with Crippen LogP contribution in [0.25, 0.3) is 0 Å². The van der Waals surface area contributed by atoms with Crippen molar-refractivity contribution in [2.75, 3.05) is 13.3 Å². The summed E-state index contributed by atoms with van der Waals surface area (Å²) in [5.74, 6) is -0.255. The minimum absolute atomic E-state index is 0.204. The summed E-state index contributed by atoms with van der Waals surface area (Å²) < 4.78 is 15.6. The van der Waals surface area contributed by atoms with Crippen LogP contribution < -0.4 is 5.32 Å². The molecule has 0 saturated heterocycles. The first-order valence-electron chi connectivity index (χ1n) is 4.27. The fourth-order valence-electron chi connectivity index (χ4n) is 0.967. The van der Waals surface area contributed by atoms with Gasteiger partial charge in [-0.3, -0.25) is 14.0 Å². The van der Waals surface area contributed by atoms with Gasteiger partial charge in [0.15, 0.2) is 11.1 Å². The Morgan fingerprint density at radius 3 is 3.00 bits per heavy atom. The number of aromatic nitrogens is 1. The van der Waals surface area contributed by atoms with E-state index in [2.05, 4.69) is 10.3 Å². The maximum Gasteiger partial charge on any atom is 0.269 e. The van der Waals surface area contributed by atoms with Crippen LogP contribution in [0.15, 0.2) is 18.3 Å². The van der Waals surface area contributed by atoms with Crippen molar-refractivity contribution in [1.82, 2.24) is 10.3 Å². The lowest BCUT2D eigenvalue weighted by Gasteiger charge is -2.02. The van der Waals surface area contributed by atoms with E-state index in [0.29, 0.717) is 5.69 Å².